The Balaban J connectivity index is 1.46. The Bertz CT molecular complexity index is 852. The Kier molecular flexibility index (Phi) is 4.24. The molecule has 1 aliphatic rings. The molecule has 25 heavy (non-hydrogen) atoms. The number of nitrogens with zero attached hydrogens (tertiary/aromatic N) is 2. The van der Waals surface area contributed by atoms with Gasteiger partial charge in [-0.1, -0.05) is 24.3 Å². The van der Waals surface area contributed by atoms with Gasteiger partial charge in [0.15, 0.2) is 11.5 Å². The number of rotatable bonds is 4. The van der Waals surface area contributed by atoms with Crippen LogP contribution < -0.4 is 5.73 Å². The summed E-state index contributed by atoms with van der Waals surface area (Å²) in [7, 11) is 0. The lowest BCUT2D eigenvalue weighted by Gasteiger charge is -2.31. The molecule has 0 unspecified atom stereocenters. The van der Waals surface area contributed by atoms with Crippen molar-refractivity contribution in [2.45, 2.75) is 25.3 Å². The second-order valence-corrected chi connectivity index (χ2v) is 6.66. The minimum atomic E-state index is -0.388. The van der Waals surface area contributed by atoms with Crippen LogP contribution in [0.2, 0.25) is 0 Å². The molecule has 5 nitrogen and oxygen atoms in total. The van der Waals surface area contributed by atoms with Gasteiger partial charge in [0.25, 0.3) is 0 Å². The summed E-state index contributed by atoms with van der Waals surface area (Å²) in [5.41, 5.74) is 8.81. The lowest BCUT2D eigenvalue weighted by molar-refractivity contribution is 0.1000. The quantitative estimate of drug-likeness (QED) is 0.794. The monoisotopic (exact) mass is 335 g/mol. The molecule has 5 heteroatoms. The molecule has 1 aliphatic heterocycles. The third-order valence-electron chi connectivity index (χ3n) is 4.81. The van der Waals surface area contributed by atoms with Gasteiger partial charge < -0.3 is 10.2 Å². The maximum atomic E-state index is 11.2. The van der Waals surface area contributed by atoms with Gasteiger partial charge in [-0.3, -0.25) is 9.69 Å². The highest BCUT2D eigenvalue weighted by molar-refractivity contribution is 5.92. The molecule has 128 valence electrons. The number of piperidine rings is 1. The average Bonchev–Trinajstić information content (AvgIpc) is 3.07. The second kappa shape index (κ2) is 6.69. The van der Waals surface area contributed by atoms with Crippen LogP contribution in [-0.4, -0.2) is 28.9 Å². The molecule has 0 spiro atoms. The molecule has 2 N–H and O–H groups in total. The van der Waals surface area contributed by atoms with Gasteiger partial charge in [-0.05, 0) is 49.2 Å². The van der Waals surface area contributed by atoms with Gasteiger partial charge in [0.1, 0.15) is 5.52 Å². The van der Waals surface area contributed by atoms with E-state index in [4.69, 9.17) is 10.2 Å². The number of nitrogens with two attached hydrogens (primary N) is 1. The zero-order chi connectivity index (χ0) is 17.2. The number of carbonyl (C=O) groups is 1. The van der Waals surface area contributed by atoms with Crippen molar-refractivity contribution < 1.29 is 9.21 Å². The molecular formula is C20H21N3O2. The predicted octanol–water partition coefficient (Wildman–Crippen LogP) is 3.31. The van der Waals surface area contributed by atoms with E-state index in [1.165, 1.54) is 5.56 Å². The van der Waals surface area contributed by atoms with E-state index in [1.54, 1.807) is 12.1 Å². The van der Waals surface area contributed by atoms with E-state index in [-0.39, 0.29) is 5.91 Å². The van der Waals surface area contributed by atoms with Gasteiger partial charge in [-0.25, -0.2) is 4.98 Å². The minimum Gasteiger partial charge on any atom is -0.440 e. The first kappa shape index (κ1) is 15.8. The number of hydrogen-bond donors (Lipinski definition) is 1. The number of oxazole rings is 1. The highest BCUT2D eigenvalue weighted by Crippen LogP contribution is 2.29. The number of primary amides is 1. The van der Waals surface area contributed by atoms with Crippen molar-refractivity contribution in [1.29, 1.82) is 0 Å². The fraction of sp³-hybridized carbons (Fsp3) is 0.300. The van der Waals surface area contributed by atoms with Gasteiger partial charge in [0, 0.05) is 24.6 Å². The standard InChI is InChI=1S/C20H21N3O2/c21-19(24)15-9-7-14(8-10-15)12-23-11-3-4-16(13-23)20-22-17-5-1-2-6-18(17)25-20/h1-2,5-10,16H,3-4,11-13H2,(H2,21,24)/t16-/m0/s1. The normalized spacial score (nSPS) is 18.5. The van der Waals surface area contributed by atoms with Crippen molar-refractivity contribution in [2.75, 3.05) is 13.1 Å². The second-order valence-electron chi connectivity index (χ2n) is 6.66. The lowest BCUT2D eigenvalue weighted by Crippen LogP contribution is -2.34. The number of para-hydroxylation sites is 2. The van der Waals surface area contributed by atoms with Crippen LogP contribution in [0, 0.1) is 0 Å². The molecule has 0 aliphatic carbocycles. The van der Waals surface area contributed by atoms with Gasteiger partial charge in [-0.2, -0.15) is 0 Å². The van der Waals surface area contributed by atoms with E-state index in [0.29, 0.717) is 11.5 Å². The largest absolute Gasteiger partial charge is 0.440 e. The highest BCUT2D eigenvalue weighted by Gasteiger charge is 2.25. The summed E-state index contributed by atoms with van der Waals surface area (Å²) in [5.74, 6) is 0.779. The number of amides is 1. The van der Waals surface area contributed by atoms with Crippen LogP contribution >= 0.6 is 0 Å². The molecule has 4 rings (SSSR count). The summed E-state index contributed by atoms with van der Waals surface area (Å²) < 4.78 is 5.96. The maximum Gasteiger partial charge on any atom is 0.248 e. The van der Waals surface area contributed by atoms with Crippen LogP contribution in [0.4, 0.5) is 0 Å². The topological polar surface area (TPSA) is 72.4 Å². The highest BCUT2D eigenvalue weighted by atomic mass is 16.3. The lowest BCUT2D eigenvalue weighted by atomic mass is 9.97. The molecule has 0 saturated carbocycles. The first-order valence-electron chi connectivity index (χ1n) is 8.65. The van der Waals surface area contributed by atoms with Crippen molar-refractivity contribution in [3.8, 4) is 0 Å². The van der Waals surface area contributed by atoms with Gasteiger partial charge in [0.2, 0.25) is 5.91 Å². The number of carbonyl (C=O) groups excluding carboxylic acids is 1. The number of fused-ring (bicyclic) bond motifs is 1. The minimum absolute atomic E-state index is 0.325. The van der Waals surface area contributed by atoms with Crippen molar-refractivity contribution >= 4 is 17.0 Å². The van der Waals surface area contributed by atoms with Crippen LogP contribution in [0.15, 0.2) is 52.9 Å². The zero-order valence-electron chi connectivity index (χ0n) is 14.0. The van der Waals surface area contributed by atoms with Crippen molar-refractivity contribution in [3.05, 3.63) is 65.5 Å². The zero-order valence-corrected chi connectivity index (χ0v) is 14.0. The molecule has 0 bridgehead atoms. The first-order chi connectivity index (χ1) is 12.2. The molecule has 0 radical (unpaired) electrons. The summed E-state index contributed by atoms with van der Waals surface area (Å²) in [6, 6.07) is 15.4. The average molecular weight is 335 g/mol. The van der Waals surface area contributed by atoms with Gasteiger partial charge >= 0.3 is 0 Å². The molecule has 2 aromatic carbocycles. The smallest absolute Gasteiger partial charge is 0.248 e. The van der Waals surface area contributed by atoms with Gasteiger partial charge in [0.05, 0.1) is 0 Å². The van der Waals surface area contributed by atoms with Crippen molar-refractivity contribution in [2.24, 2.45) is 5.73 Å². The number of benzene rings is 2. The summed E-state index contributed by atoms with van der Waals surface area (Å²) in [6.07, 6.45) is 2.23. The van der Waals surface area contributed by atoms with E-state index >= 15 is 0 Å². The molecule has 1 aromatic heterocycles. The molecule has 1 amide bonds. The maximum absolute atomic E-state index is 11.2. The third kappa shape index (κ3) is 3.42. The first-order valence-corrected chi connectivity index (χ1v) is 8.65. The summed E-state index contributed by atoms with van der Waals surface area (Å²) >= 11 is 0. The van der Waals surface area contributed by atoms with E-state index in [2.05, 4.69) is 9.88 Å². The van der Waals surface area contributed by atoms with Crippen LogP contribution in [0.5, 0.6) is 0 Å². The van der Waals surface area contributed by atoms with Crippen LogP contribution in [0.3, 0.4) is 0 Å². The summed E-state index contributed by atoms with van der Waals surface area (Å²) in [6.45, 7) is 2.86. The van der Waals surface area contributed by atoms with Crippen LogP contribution in [0.1, 0.15) is 40.6 Å². The van der Waals surface area contributed by atoms with E-state index < -0.39 is 0 Å². The molecule has 3 aromatic rings. The predicted molar refractivity (Wildman–Crippen MR) is 96.2 cm³/mol. The van der Waals surface area contributed by atoms with Crippen LogP contribution in [0.25, 0.3) is 11.1 Å². The Hall–Kier alpha value is -2.66. The Morgan fingerprint density at radius 2 is 2.00 bits per heavy atom. The SMILES string of the molecule is NC(=O)c1ccc(CN2CCC[C@H](c3nc4ccccc4o3)C2)cc1. The Morgan fingerprint density at radius 3 is 2.76 bits per heavy atom. The van der Waals surface area contributed by atoms with Crippen molar-refractivity contribution in [3.63, 3.8) is 0 Å². The van der Waals surface area contributed by atoms with E-state index in [9.17, 15) is 4.79 Å². The fourth-order valence-corrected chi connectivity index (χ4v) is 3.50. The third-order valence-corrected chi connectivity index (χ3v) is 4.81. The van der Waals surface area contributed by atoms with E-state index in [1.807, 2.05) is 36.4 Å². The van der Waals surface area contributed by atoms with Gasteiger partial charge in [-0.15, -0.1) is 0 Å². The molecule has 1 fully saturated rings. The molecule has 1 saturated heterocycles. The summed E-state index contributed by atoms with van der Waals surface area (Å²) in [4.78, 5) is 18.3. The Labute approximate surface area is 146 Å². The Morgan fingerprint density at radius 1 is 1.20 bits per heavy atom. The number of hydrogen-bond acceptors (Lipinski definition) is 4. The number of aromatic nitrogens is 1. The van der Waals surface area contributed by atoms with Crippen LogP contribution in [-0.2, 0) is 6.54 Å². The number of likely N-dealkylation sites (tertiary alicyclic amines) is 1. The molecule has 2 heterocycles. The van der Waals surface area contributed by atoms with E-state index in [0.717, 1.165) is 49.5 Å². The van der Waals surface area contributed by atoms with Crippen molar-refractivity contribution in [1.82, 2.24) is 9.88 Å². The summed E-state index contributed by atoms with van der Waals surface area (Å²) in [5, 5.41) is 0. The molecule has 1 atom stereocenters. The molecular weight excluding hydrogens is 314 g/mol. The fourth-order valence-electron chi connectivity index (χ4n) is 3.50.